The molecule has 0 aliphatic carbocycles. The number of amides is 1. The zero-order chi connectivity index (χ0) is 14.7. The first-order chi connectivity index (χ1) is 9.51. The van der Waals surface area contributed by atoms with Crippen LogP contribution >= 0.6 is 0 Å². The first-order valence-electron chi connectivity index (χ1n) is 6.06. The highest BCUT2D eigenvalue weighted by atomic mass is 19.1. The number of furan rings is 1. The molecule has 0 bridgehead atoms. The van der Waals surface area contributed by atoms with E-state index in [0.717, 1.165) is 18.2 Å². The Morgan fingerprint density at radius 2 is 2.10 bits per heavy atom. The number of carbonyl (C=O) groups is 1. The molecule has 6 heteroatoms. The fraction of sp³-hybridized carbons (Fsp3) is 0.214. The minimum absolute atomic E-state index is 0.0731. The van der Waals surface area contributed by atoms with Gasteiger partial charge in [0.05, 0.1) is 12.6 Å². The predicted octanol–water partition coefficient (Wildman–Crippen LogP) is 2.51. The Labute approximate surface area is 114 Å². The minimum atomic E-state index is -0.690. The zero-order valence-electron chi connectivity index (χ0n) is 10.8. The summed E-state index contributed by atoms with van der Waals surface area (Å²) in [6, 6.07) is 5.47. The first kappa shape index (κ1) is 14.2. The fourth-order valence-electron chi connectivity index (χ4n) is 1.80. The molecule has 3 N–H and O–H groups in total. The van der Waals surface area contributed by atoms with Gasteiger partial charge in [0.1, 0.15) is 17.4 Å². The van der Waals surface area contributed by atoms with Crippen molar-refractivity contribution in [2.45, 2.75) is 19.5 Å². The van der Waals surface area contributed by atoms with Crippen LogP contribution in [0.3, 0.4) is 0 Å². The fourth-order valence-corrected chi connectivity index (χ4v) is 1.80. The number of halogens is 2. The van der Waals surface area contributed by atoms with Crippen LogP contribution in [0.25, 0.3) is 0 Å². The van der Waals surface area contributed by atoms with Crippen LogP contribution < -0.4 is 11.1 Å². The van der Waals surface area contributed by atoms with E-state index in [1.807, 2.05) is 0 Å². The van der Waals surface area contributed by atoms with Gasteiger partial charge in [0, 0.05) is 5.56 Å². The summed E-state index contributed by atoms with van der Waals surface area (Å²) in [6.45, 7) is 1.74. The van der Waals surface area contributed by atoms with Gasteiger partial charge in [0.15, 0.2) is 5.76 Å². The summed E-state index contributed by atoms with van der Waals surface area (Å²) in [5.41, 5.74) is 5.45. The first-order valence-corrected chi connectivity index (χ1v) is 6.06. The zero-order valence-corrected chi connectivity index (χ0v) is 10.8. The topological polar surface area (TPSA) is 68.3 Å². The molecule has 0 aliphatic heterocycles. The van der Waals surface area contributed by atoms with Crippen molar-refractivity contribution in [2.75, 3.05) is 0 Å². The van der Waals surface area contributed by atoms with Crippen molar-refractivity contribution in [3.63, 3.8) is 0 Å². The maximum atomic E-state index is 13.6. The van der Waals surface area contributed by atoms with E-state index in [1.165, 1.54) is 6.07 Å². The van der Waals surface area contributed by atoms with Crippen molar-refractivity contribution in [3.05, 3.63) is 59.1 Å². The van der Waals surface area contributed by atoms with Crippen molar-refractivity contribution in [1.82, 2.24) is 5.32 Å². The lowest BCUT2D eigenvalue weighted by atomic mass is 10.1. The molecule has 1 amide bonds. The number of benzene rings is 1. The molecule has 0 saturated carbocycles. The molecule has 0 saturated heterocycles. The number of hydrogen-bond acceptors (Lipinski definition) is 3. The molecule has 106 valence electrons. The van der Waals surface area contributed by atoms with Gasteiger partial charge in [0.25, 0.3) is 5.91 Å². The molecule has 0 aliphatic rings. The summed E-state index contributed by atoms with van der Waals surface area (Å²) >= 11 is 0. The van der Waals surface area contributed by atoms with Crippen molar-refractivity contribution in [2.24, 2.45) is 5.73 Å². The van der Waals surface area contributed by atoms with Crippen molar-refractivity contribution >= 4 is 5.91 Å². The van der Waals surface area contributed by atoms with Crippen molar-refractivity contribution < 1.29 is 18.0 Å². The van der Waals surface area contributed by atoms with Gasteiger partial charge < -0.3 is 15.5 Å². The molecule has 20 heavy (non-hydrogen) atoms. The van der Waals surface area contributed by atoms with E-state index >= 15 is 0 Å². The number of nitrogens with one attached hydrogen (secondary N) is 1. The molecule has 1 atom stereocenters. The van der Waals surface area contributed by atoms with E-state index in [4.69, 9.17) is 10.2 Å². The SMILES string of the molecule is CC(NC(=O)c1ccc(CN)o1)c1cc(F)ccc1F. The molecule has 2 rings (SSSR count). The summed E-state index contributed by atoms with van der Waals surface area (Å²) < 4.78 is 31.9. The predicted molar refractivity (Wildman–Crippen MR) is 68.8 cm³/mol. The summed E-state index contributed by atoms with van der Waals surface area (Å²) in [6.07, 6.45) is 0. The van der Waals surface area contributed by atoms with Crippen LogP contribution in [0.4, 0.5) is 8.78 Å². The Bertz CT molecular complexity index is 625. The Kier molecular flexibility index (Phi) is 4.14. The third-order valence-electron chi connectivity index (χ3n) is 2.86. The van der Waals surface area contributed by atoms with E-state index in [0.29, 0.717) is 5.76 Å². The summed E-state index contributed by atoms with van der Waals surface area (Å²) in [5, 5.41) is 2.54. The largest absolute Gasteiger partial charge is 0.455 e. The quantitative estimate of drug-likeness (QED) is 0.904. The van der Waals surface area contributed by atoms with Crippen LogP contribution in [0, 0.1) is 11.6 Å². The second kappa shape index (κ2) is 5.83. The van der Waals surface area contributed by atoms with E-state index in [9.17, 15) is 13.6 Å². The molecule has 2 aromatic rings. The van der Waals surface area contributed by atoms with Crippen molar-refractivity contribution in [1.29, 1.82) is 0 Å². The molecular formula is C14H14F2N2O2. The second-order valence-corrected chi connectivity index (χ2v) is 4.33. The molecule has 1 aromatic heterocycles. The Hall–Kier alpha value is -2.21. The molecule has 1 aromatic carbocycles. The van der Waals surface area contributed by atoms with Crippen molar-refractivity contribution in [3.8, 4) is 0 Å². The van der Waals surface area contributed by atoms with Gasteiger partial charge >= 0.3 is 0 Å². The van der Waals surface area contributed by atoms with Crippen LogP contribution in [0.1, 0.15) is 34.8 Å². The summed E-state index contributed by atoms with van der Waals surface area (Å²) in [7, 11) is 0. The number of nitrogens with two attached hydrogens (primary N) is 1. The lowest BCUT2D eigenvalue weighted by Gasteiger charge is -2.14. The van der Waals surface area contributed by atoms with E-state index < -0.39 is 23.6 Å². The molecule has 1 unspecified atom stereocenters. The number of rotatable bonds is 4. The summed E-state index contributed by atoms with van der Waals surface area (Å²) in [4.78, 5) is 11.9. The van der Waals surface area contributed by atoms with Gasteiger partial charge in [-0.2, -0.15) is 0 Å². The van der Waals surface area contributed by atoms with E-state index in [1.54, 1.807) is 13.0 Å². The maximum Gasteiger partial charge on any atom is 0.287 e. The highest BCUT2D eigenvalue weighted by molar-refractivity contribution is 5.91. The molecule has 0 fully saturated rings. The van der Waals surface area contributed by atoms with Gasteiger partial charge in [0.2, 0.25) is 0 Å². The lowest BCUT2D eigenvalue weighted by Crippen LogP contribution is -2.27. The number of carbonyl (C=O) groups excluding carboxylic acids is 1. The molecule has 0 spiro atoms. The standard InChI is InChI=1S/C14H14F2N2O2/c1-8(11-6-9(15)2-4-12(11)16)18-14(19)13-5-3-10(7-17)20-13/h2-6,8H,7,17H2,1H3,(H,18,19). The van der Waals surface area contributed by atoms with Crippen LogP contribution in [0.15, 0.2) is 34.7 Å². The molecule has 1 heterocycles. The van der Waals surface area contributed by atoms with Gasteiger partial charge in [-0.05, 0) is 37.3 Å². The Morgan fingerprint density at radius 1 is 1.35 bits per heavy atom. The Balaban J connectivity index is 2.12. The van der Waals surface area contributed by atoms with Gasteiger partial charge in [-0.15, -0.1) is 0 Å². The van der Waals surface area contributed by atoms with Crippen LogP contribution in [0.2, 0.25) is 0 Å². The third-order valence-corrected chi connectivity index (χ3v) is 2.86. The number of hydrogen-bond donors (Lipinski definition) is 2. The highest BCUT2D eigenvalue weighted by Gasteiger charge is 2.17. The average Bonchev–Trinajstić information content (AvgIpc) is 2.90. The average molecular weight is 280 g/mol. The smallest absolute Gasteiger partial charge is 0.287 e. The highest BCUT2D eigenvalue weighted by Crippen LogP contribution is 2.19. The monoisotopic (exact) mass is 280 g/mol. The van der Waals surface area contributed by atoms with Gasteiger partial charge in [-0.3, -0.25) is 4.79 Å². The van der Waals surface area contributed by atoms with E-state index in [2.05, 4.69) is 5.32 Å². The van der Waals surface area contributed by atoms with Crippen LogP contribution in [-0.2, 0) is 6.54 Å². The molecule has 4 nitrogen and oxygen atoms in total. The lowest BCUT2D eigenvalue weighted by molar-refractivity contribution is 0.0909. The van der Waals surface area contributed by atoms with E-state index in [-0.39, 0.29) is 17.9 Å². The van der Waals surface area contributed by atoms with Gasteiger partial charge in [-0.1, -0.05) is 0 Å². The normalized spacial score (nSPS) is 12.2. The minimum Gasteiger partial charge on any atom is -0.455 e. The third kappa shape index (κ3) is 3.03. The van der Waals surface area contributed by atoms with Gasteiger partial charge in [-0.25, -0.2) is 8.78 Å². The summed E-state index contributed by atoms with van der Waals surface area (Å²) in [5.74, 6) is -1.11. The maximum absolute atomic E-state index is 13.6. The van der Waals surface area contributed by atoms with Crippen LogP contribution in [0.5, 0.6) is 0 Å². The molecule has 0 radical (unpaired) electrons. The van der Waals surface area contributed by atoms with Crippen LogP contribution in [-0.4, -0.2) is 5.91 Å². The second-order valence-electron chi connectivity index (χ2n) is 4.33. The molecular weight excluding hydrogens is 266 g/mol. The Morgan fingerprint density at radius 3 is 2.75 bits per heavy atom.